The number of carbonyl (C=O) groups is 3. The largest absolute Gasteiger partial charge is 0.508 e. The molecule has 4 aromatic carbocycles. The molecule has 0 heterocycles. The Hall–Kier alpha value is -4.72. The maximum Gasteiger partial charge on any atom is 0.408 e. The zero-order valence-corrected chi connectivity index (χ0v) is 28.1. The predicted molar refractivity (Wildman–Crippen MR) is 183 cm³/mol. The molecule has 0 aliphatic carbocycles. The highest BCUT2D eigenvalue weighted by molar-refractivity contribution is 9.11. The number of phenolic OH excluding ortho intramolecular Hbond substituents is 1. The number of amides is 3. The van der Waals surface area contributed by atoms with Crippen LogP contribution in [0.25, 0.3) is 0 Å². The van der Waals surface area contributed by atoms with Gasteiger partial charge in [0.15, 0.2) is 0 Å². The van der Waals surface area contributed by atoms with Crippen LogP contribution in [0.2, 0.25) is 0 Å². The maximum atomic E-state index is 13.3. The van der Waals surface area contributed by atoms with E-state index in [1.807, 2.05) is 42.5 Å². The van der Waals surface area contributed by atoms with Crippen LogP contribution in [0.3, 0.4) is 0 Å². The summed E-state index contributed by atoms with van der Waals surface area (Å²) in [5, 5.41) is 28.5. The number of hydrogen-bond acceptors (Lipinski definition) is 8. The second-order valence-corrected chi connectivity index (χ2v) is 12.0. The number of benzene rings is 4. The number of hydrogen-bond donors (Lipinski definition) is 5. The Kier molecular flexibility index (Phi) is 13.3. The van der Waals surface area contributed by atoms with Gasteiger partial charge < -0.3 is 30.3 Å². The van der Waals surface area contributed by atoms with Gasteiger partial charge >= 0.3 is 6.09 Å². The van der Waals surface area contributed by atoms with Crippen LogP contribution in [-0.2, 0) is 34.0 Å². The van der Waals surface area contributed by atoms with E-state index < -0.39 is 36.6 Å². The monoisotopic (exact) mass is 766 g/mol. The van der Waals surface area contributed by atoms with E-state index in [-0.39, 0.29) is 18.8 Å². The van der Waals surface area contributed by atoms with Crippen molar-refractivity contribution in [3.8, 4) is 11.5 Å². The minimum atomic E-state index is -1.40. The van der Waals surface area contributed by atoms with E-state index >= 15 is 0 Å². The first kappa shape index (κ1) is 35.1. The van der Waals surface area contributed by atoms with Crippen LogP contribution in [0.1, 0.15) is 22.3 Å². The van der Waals surface area contributed by atoms with E-state index in [0.717, 1.165) is 15.6 Å². The molecule has 3 amide bonds. The van der Waals surface area contributed by atoms with Crippen LogP contribution in [0.4, 0.5) is 4.79 Å². The Bertz CT molecular complexity index is 1670. The number of rotatable bonds is 14. The topological polar surface area (TPSA) is 159 Å². The number of carbonyl (C=O) groups excluding carboxylic acids is 3. The van der Waals surface area contributed by atoms with Gasteiger partial charge in [-0.05, 0) is 56.9 Å². The fourth-order valence-electron chi connectivity index (χ4n) is 4.25. The second-order valence-electron chi connectivity index (χ2n) is 10.2. The highest BCUT2D eigenvalue weighted by Crippen LogP contribution is 2.32. The standard InChI is InChI=1S/C34H32Br2N4O7/c35-26-16-25(31(28(36)17-26)46-20-23-7-3-1-4-8-23)18-37-40-33(44)29(15-22-11-13-27(42)14-12-22)38-32(43)30(19-41)39-34(45)47-21-24-9-5-2-6-10-24/h1-14,16-18,29-30,41-42H,15,19-21H2,(H,38,43)(H,39,45)(H,40,44)/b37-18-/t29-,30-/m0/s1. The summed E-state index contributed by atoms with van der Waals surface area (Å²) in [6, 6.07) is 25.7. The van der Waals surface area contributed by atoms with Crippen molar-refractivity contribution in [2.24, 2.45) is 5.10 Å². The van der Waals surface area contributed by atoms with Crippen molar-refractivity contribution in [3.63, 3.8) is 0 Å². The molecule has 0 saturated carbocycles. The lowest BCUT2D eigenvalue weighted by atomic mass is 10.0. The van der Waals surface area contributed by atoms with Crippen LogP contribution in [0.15, 0.2) is 111 Å². The first-order chi connectivity index (χ1) is 22.7. The number of aliphatic hydroxyl groups excluding tert-OH is 1. The molecule has 4 aromatic rings. The summed E-state index contributed by atoms with van der Waals surface area (Å²) in [4.78, 5) is 38.8. The first-order valence-electron chi connectivity index (χ1n) is 14.4. The van der Waals surface area contributed by atoms with Gasteiger partial charge in [-0.15, -0.1) is 0 Å². The van der Waals surface area contributed by atoms with E-state index in [0.29, 0.717) is 28.0 Å². The van der Waals surface area contributed by atoms with Gasteiger partial charge in [0, 0.05) is 16.5 Å². The Morgan fingerprint density at radius 2 is 1.43 bits per heavy atom. The average molecular weight is 768 g/mol. The van der Waals surface area contributed by atoms with Gasteiger partial charge in [-0.3, -0.25) is 9.59 Å². The lowest BCUT2D eigenvalue weighted by Gasteiger charge is -2.21. The summed E-state index contributed by atoms with van der Waals surface area (Å²) in [6.07, 6.45) is 0.504. The molecule has 0 unspecified atom stereocenters. The Labute approximate surface area is 288 Å². The number of phenols is 1. The van der Waals surface area contributed by atoms with Crippen molar-refractivity contribution >= 4 is 56.0 Å². The maximum absolute atomic E-state index is 13.3. The average Bonchev–Trinajstić information content (AvgIpc) is 3.07. The smallest absolute Gasteiger partial charge is 0.408 e. The molecule has 2 atom stereocenters. The number of nitrogens with zero attached hydrogens (tertiary/aromatic N) is 1. The number of hydrazone groups is 1. The summed E-state index contributed by atoms with van der Waals surface area (Å²) in [6.45, 7) is -0.486. The van der Waals surface area contributed by atoms with Crippen LogP contribution in [0, 0.1) is 0 Å². The number of aliphatic hydroxyl groups is 1. The Morgan fingerprint density at radius 3 is 2.06 bits per heavy atom. The van der Waals surface area contributed by atoms with Gasteiger partial charge in [0.1, 0.15) is 36.8 Å². The number of ether oxygens (including phenoxy) is 2. The van der Waals surface area contributed by atoms with E-state index in [9.17, 15) is 24.6 Å². The minimum absolute atomic E-state index is 0.0118. The molecule has 0 aliphatic rings. The van der Waals surface area contributed by atoms with Crippen molar-refractivity contribution in [2.75, 3.05) is 6.61 Å². The quantitative estimate of drug-likeness (QED) is 0.0897. The molecule has 0 aliphatic heterocycles. The molecule has 11 nitrogen and oxygen atoms in total. The molecule has 0 aromatic heterocycles. The molecule has 0 radical (unpaired) electrons. The molecule has 4 rings (SSSR count). The molecular weight excluding hydrogens is 736 g/mol. The third kappa shape index (κ3) is 11.2. The van der Waals surface area contributed by atoms with Gasteiger partial charge in [0.2, 0.25) is 5.91 Å². The van der Waals surface area contributed by atoms with Crippen molar-refractivity contribution in [1.82, 2.24) is 16.1 Å². The molecule has 0 fully saturated rings. The summed E-state index contributed by atoms with van der Waals surface area (Å²) in [5.74, 6) is -0.959. The highest BCUT2D eigenvalue weighted by atomic mass is 79.9. The molecular formula is C34H32Br2N4O7. The van der Waals surface area contributed by atoms with Crippen LogP contribution in [-0.4, -0.2) is 53.0 Å². The van der Waals surface area contributed by atoms with Gasteiger partial charge in [-0.2, -0.15) is 5.10 Å². The predicted octanol–water partition coefficient (Wildman–Crippen LogP) is 4.96. The summed E-state index contributed by atoms with van der Waals surface area (Å²) in [5.41, 5.74) is 5.33. The van der Waals surface area contributed by atoms with E-state index in [2.05, 4.69) is 53.0 Å². The highest BCUT2D eigenvalue weighted by Gasteiger charge is 2.27. The second kappa shape index (κ2) is 17.8. The zero-order valence-electron chi connectivity index (χ0n) is 24.9. The molecule has 0 spiro atoms. The lowest BCUT2D eigenvalue weighted by molar-refractivity contribution is -0.130. The molecule has 13 heteroatoms. The van der Waals surface area contributed by atoms with Crippen LogP contribution < -0.4 is 20.8 Å². The van der Waals surface area contributed by atoms with Crippen molar-refractivity contribution in [2.45, 2.75) is 31.7 Å². The molecule has 244 valence electrons. The molecule has 5 N–H and O–H groups in total. The van der Waals surface area contributed by atoms with E-state index in [1.54, 1.807) is 42.5 Å². The van der Waals surface area contributed by atoms with Crippen LogP contribution >= 0.6 is 31.9 Å². The van der Waals surface area contributed by atoms with E-state index in [1.165, 1.54) is 18.3 Å². The van der Waals surface area contributed by atoms with Crippen LogP contribution in [0.5, 0.6) is 11.5 Å². The van der Waals surface area contributed by atoms with Gasteiger partial charge in [0.05, 0.1) is 17.3 Å². The van der Waals surface area contributed by atoms with Crippen molar-refractivity contribution < 1.29 is 34.1 Å². The summed E-state index contributed by atoms with van der Waals surface area (Å²) in [7, 11) is 0. The zero-order chi connectivity index (χ0) is 33.6. The normalized spacial score (nSPS) is 12.1. The number of aromatic hydroxyl groups is 1. The van der Waals surface area contributed by atoms with E-state index in [4.69, 9.17) is 9.47 Å². The number of nitrogens with one attached hydrogen (secondary N) is 3. The number of halogens is 2. The SMILES string of the molecule is O=C(N[C@@H](CO)C(=O)N[C@@H](Cc1ccc(O)cc1)C(=O)N/N=C\c1cc(Br)cc(Br)c1OCc1ccccc1)OCc1ccccc1. The van der Waals surface area contributed by atoms with Crippen molar-refractivity contribution in [3.05, 3.63) is 128 Å². The van der Waals surface area contributed by atoms with Crippen molar-refractivity contribution in [1.29, 1.82) is 0 Å². The third-order valence-electron chi connectivity index (χ3n) is 6.65. The van der Waals surface area contributed by atoms with Gasteiger partial charge in [0.25, 0.3) is 5.91 Å². The number of alkyl carbamates (subject to hydrolysis) is 1. The first-order valence-corrected chi connectivity index (χ1v) is 16.0. The Morgan fingerprint density at radius 1 is 0.787 bits per heavy atom. The molecule has 47 heavy (non-hydrogen) atoms. The van der Waals surface area contributed by atoms with Gasteiger partial charge in [-0.1, -0.05) is 88.7 Å². The molecule has 0 bridgehead atoms. The van der Waals surface area contributed by atoms with Gasteiger partial charge in [-0.25, -0.2) is 10.2 Å². The lowest BCUT2D eigenvalue weighted by Crippen LogP contribution is -2.55. The Balaban J connectivity index is 1.44. The fourth-order valence-corrected chi connectivity index (χ4v) is 5.62. The summed E-state index contributed by atoms with van der Waals surface area (Å²) < 4.78 is 12.6. The fraction of sp³-hybridized carbons (Fsp3) is 0.176. The minimum Gasteiger partial charge on any atom is -0.508 e. The summed E-state index contributed by atoms with van der Waals surface area (Å²) >= 11 is 6.97. The molecule has 0 saturated heterocycles. The third-order valence-corrected chi connectivity index (χ3v) is 7.70.